The predicted molar refractivity (Wildman–Crippen MR) is 124 cm³/mol. The highest BCUT2D eigenvalue weighted by atomic mass is 28.4. The van der Waals surface area contributed by atoms with E-state index in [2.05, 4.69) is 51.0 Å². The van der Waals surface area contributed by atoms with E-state index < -0.39 is 8.32 Å². The summed E-state index contributed by atoms with van der Waals surface area (Å²) in [6.07, 6.45) is 4.17. The van der Waals surface area contributed by atoms with Crippen LogP contribution in [0.25, 0.3) is 10.9 Å². The highest BCUT2D eigenvalue weighted by molar-refractivity contribution is 6.74. The number of H-pyrrole nitrogens is 1. The molecule has 0 aliphatic carbocycles. The normalized spacial score (nSPS) is 12.4. The second-order valence-corrected chi connectivity index (χ2v) is 14.1. The largest absolute Gasteiger partial charge is 0.417 e. The van der Waals surface area contributed by atoms with Crippen LogP contribution in [0.15, 0.2) is 54.7 Å². The molecule has 0 saturated heterocycles. The molecular formula is C25H33NO2Si. The Hall–Kier alpha value is -2.17. The van der Waals surface area contributed by atoms with Crippen LogP contribution in [-0.2, 0) is 17.3 Å². The van der Waals surface area contributed by atoms with Crippen LogP contribution < -0.4 is 0 Å². The van der Waals surface area contributed by atoms with Crippen molar-refractivity contribution in [1.82, 2.24) is 4.98 Å². The van der Waals surface area contributed by atoms with Gasteiger partial charge >= 0.3 is 0 Å². The van der Waals surface area contributed by atoms with Crippen LogP contribution in [0.2, 0.25) is 18.1 Å². The molecule has 3 nitrogen and oxygen atoms in total. The number of nitrogens with one attached hydrogen (secondary N) is 1. The average Bonchev–Trinajstić information content (AvgIpc) is 3.10. The van der Waals surface area contributed by atoms with Crippen LogP contribution >= 0.6 is 0 Å². The molecule has 0 aliphatic heterocycles. The number of hydrogen-bond acceptors (Lipinski definition) is 2. The zero-order chi connectivity index (χ0) is 21.1. The zero-order valence-electron chi connectivity index (χ0n) is 18.3. The third-order valence-corrected chi connectivity index (χ3v) is 10.7. The molecule has 0 atom stereocenters. The number of fused-ring (bicyclic) bond motifs is 1. The van der Waals surface area contributed by atoms with Crippen LogP contribution in [0.5, 0.6) is 0 Å². The number of rotatable bonds is 8. The summed E-state index contributed by atoms with van der Waals surface area (Å²) in [5.41, 5.74) is 4.10. The van der Waals surface area contributed by atoms with E-state index in [0.29, 0.717) is 6.42 Å². The molecule has 154 valence electrons. The summed E-state index contributed by atoms with van der Waals surface area (Å²) >= 11 is 0. The van der Waals surface area contributed by atoms with Gasteiger partial charge in [-0.1, -0.05) is 63.2 Å². The number of aryl methyl sites for hydroxylation is 1. The minimum absolute atomic E-state index is 0.160. The van der Waals surface area contributed by atoms with Gasteiger partial charge in [-0.15, -0.1) is 0 Å². The number of ketones is 1. The van der Waals surface area contributed by atoms with Crippen LogP contribution in [0.3, 0.4) is 0 Å². The lowest BCUT2D eigenvalue weighted by Gasteiger charge is -2.36. The second kappa shape index (κ2) is 8.68. The first-order valence-corrected chi connectivity index (χ1v) is 13.4. The molecule has 0 radical (unpaired) electrons. The molecule has 0 aliphatic rings. The molecule has 4 heteroatoms. The van der Waals surface area contributed by atoms with Crippen LogP contribution in [0.4, 0.5) is 0 Å². The van der Waals surface area contributed by atoms with Gasteiger partial charge in [0.2, 0.25) is 0 Å². The van der Waals surface area contributed by atoms with Gasteiger partial charge in [-0.2, -0.15) is 0 Å². The molecule has 0 bridgehead atoms. The van der Waals surface area contributed by atoms with Gasteiger partial charge in [-0.3, -0.25) is 4.79 Å². The maximum atomic E-state index is 13.0. The predicted octanol–water partition coefficient (Wildman–Crippen LogP) is 6.55. The van der Waals surface area contributed by atoms with Crippen molar-refractivity contribution in [1.29, 1.82) is 0 Å². The summed E-state index contributed by atoms with van der Waals surface area (Å²) in [7, 11) is -1.72. The van der Waals surface area contributed by atoms with Crippen LogP contribution in [-0.4, -0.2) is 25.7 Å². The first-order chi connectivity index (χ1) is 13.7. The molecule has 2 aromatic carbocycles. The van der Waals surface area contributed by atoms with Gasteiger partial charge in [-0.05, 0) is 48.2 Å². The Balaban J connectivity index is 1.72. The fourth-order valence-electron chi connectivity index (χ4n) is 3.37. The lowest BCUT2D eigenvalue weighted by atomic mass is 9.97. The van der Waals surface area contributed by atoms with Crippen molar-refractivity contribution in [2.24, 2.45) is 0 Å². The minimum Gasteiger partial charge on any atom is -0.417 e. The summed E-state index contributed by atoms with van der Waals surface area (Å²) in [5, 5.41) is 1.30. The van der Waals surface area contributed by atoms with Crippen molar-refractivity contribution in [2.45, 2.75) is 58.2 Å². The highest BCUT2D eigenvalue weighted by Crippen LogP contribution is 2.36. The third-order valence-electron chi connectivity index (χ3n) is 6.16. The van der Waals surface area contributed by atoms with Crippen molar-refractivity contribution in [3.05, 3.63) is 71.4 Å². The van der Waals surface area contributed by atoms with Gasteiger partial charge in [0.05, 0.1) is 0 Å². The Morgan fingerprint density at radius 2 is 1.76 bits per heavy atom. The van der Waals surface area contributed by atoms with E-state index in [1.807, 2.05) is 42.6 Å². The van der Waals surface area contributed by atoms with E-state index in [0.717, 1.165) is 41.5 Å². The van der Waals surface area contributed by atoms with Gasteiger partial charge in [0.1, 0.15) is 0 Å². The lowest BCUT2D eigenvalue weighted by Crippen LogP contribution is -2.41. The molecule has 0 spiro atoms. The van der Waals surface area contributed by atoms with Gasteiger partial charge in [0.15, 0.2) is 14.1 Å². The SMILES string of the molecule is CC(C)(C)[Si](C)(C)OCCCc1cccc2[nH]cc(C(=O)Cc3ccccc3)c12. The molecule has 29 heavy (non-hydrogen) atoms. The standard InChI is InChI=1S/C25H33NO2Si/c1-25(2,3)29(4,5)28-16-10-14-20-13-9-15-22-24(20)21(18-26-22)23(27)17-19-11-7-6-8-12-19/h6-9,11-13,15,18,26H,10,14,16-17H2,1-5H3. The van der Waals surface area contributed by atoms with Crippen molar-refractivity contribution >= 4 is 25.0 Å². The van der Waals surface area contributed by atoms with Crippen molar-refractivity contribution in [3.8, 4) is 0 Å². The van der Waals surface area contributed by atoms with E-state index in [-0.39, 0.29) is 10.8 Å². The van der Waals surface area contributed by atoms with E-state index in [9.17, 15) is 4.79 Å². The molecule has 0 fully saturated rings. The van der Waals surface area contributed by atoms with E-state index in [4.69, 9.17) is 4.43 Å². The molecule has 1 heterocycles. The minimum atomic E-state index is -1.72. The van der Waals surface area contributed by atoms with Crippen LogP contribution in [0.1, 0.15) is 48.7 Å². The number of Topliss-reactive ketones (excluding diaryl/α,β-unsaturated/α-hetero) is 1. The molecule has 0 amide bonds. The quantitative estimate of drug-likeness (QED) is 0.261. The van der Waals surface area contributed by atoms with Gasteiger partial charge in [0.25, 0.3) is 0 Å². The summed E-state index contributed by atoms with van der Waals surface area (Å²) < 4.78 is 6.33. The summed E-state index contributed by atoms with van der Waals surface area (Å²) in [6.45, 7) is 12.2. The van der Waals surface area contributed by atoms with E-state index in [1.54, 1.807) is 0 Å². The topological polar surface area (TPSA) is 42.1 Å². The molecule has 0 saturated carbocycles. The number of aromatic nitrogens is 1. The molecule has 0 unspecified atom stereocenters. The Labute approximate surface area is 175 Å². The van der Waals surface area contributed by atoms with Crippen LogP contribution in [0, 0.1) is 0 Å². The smallest absolute Gasteiger partial charge is 0.191 e. The van der Waals surface area contributed by atoms with E-state index in [1.165, 1.54) is 5.56 Å². The van der Waals surface area contributed by atoms with Crippen molar-refractivity contribution in [2.75, 3.05) is 6.61 Å². The van der Waals surface area contributed by atoms with Gasteiger partial charge in [-0.25, -0.2) is 0 Å². The molecular weight excluding hydrogens is 374 g/mol. The second-order valence-electron chi connectivity index (χ2n) is 9.34. The molecule has 3 rings (SSSR count). The molecule has 1 aromatic heterocycles. The van der Waals surface area contributed by atoms with Crippen molar-refractivity contribution in [3.63, 3.8) is 0 Å². The molecule has 1 N–H and O–H groups in total. The van der Waals surface area contributed by atoms with E-state index >= 15 is 0 Å². The monoisotopic (exact) mass is 407 g/mol. The van der Waals surface area contributed by atoms with Gasteiger partial charge in [0, 0.05) is 35.7 Å². The number of benzene rings is 2. The zero-order valence-corrected chi connectivity index (χ0v) is 19.3. The van der Waals surface area contributed by atoms with Gasteiger partial charge < -0.3 is 9.41 Å². The number of carbonyl (C=O) groups excluding carboxylic acids is 1. The lowest BCUT2D eigenvalue weighted by molar-refractivity contribution is 0.0994. The number of hydrogen-bond donors (Lipinski definition) is 1. The Morgan fingerprint density at radius 1 is 1.03 bits per heavy atom. The number of carbonyl (C=O) groups is 1. The maximum absolute atomic E-state index is 13.0. The highest BCUT2D eigenvalue weighted by Gasteiger charge is 2.36. The Kier molecular flexibility index (Phi) is 6.44. The van der Waals surface area contributed by atoms with Crippen molar-refractivity contribution < 1.29 is 9.22 Å². The summed E-state index contributed by atoms with van der Waals surface area (Å²) in [5.74, 6) is 0.160. The average molecular weight is 408 g/mol. The summed E-state index contributed by atoms with van der Waals surface area (Å²) in [6, 6.07) is 16.2. The first-order valence-electron chi connectivity index (χ1n) is 10.5. The third kappa shape index (κ3) is 5.06. The number of aromatic amines is 1. The first kappa shape index (κ1) is 21.5. The molecule has 3 aromatic rings. The fraction of sp³-hybridized carbons (Fsp3) is 0.400. The Bertz CT molecular complexity index is 967. The maximum Gasteiger partial charge on any atom is 0.191 e. The Morgan fingerprint density at radius 3 is 2.45 bits per heavy atom. The summed E-state index contributed by atoms with van der Waals surface area (Å²) in [4.78, 5) is 16.3. The fourth-order valence-corrected chi connectivity index (χ4v) is 4.46.